The van der Waals surface area contributed by atoms with Crippen molar-refractivity contribution in [2.75, 3.05) is 18.9 Å². The number of phosphoric acid groups is 1. The van der Waals surface area contributed by atoms with Crippen molar-refractivity contribution in [1.82, 2.24) is 5.32 Å². The lowest BCUT2D eigenvalue weighted by molar-refractivity contribution is -0.120. The molecule has 152 valence electrons. The number of benzene rings is 1. The maximum atomic E-state index is 12.7. The summed E-state index contributed by atoms with van der Waals surface area (Å²) < 4.78 is 40.8. The number of hydrogen-bond donors (Lipinski definition) is 3. The number of nitrogens with one attached hydrogen (secondary N) is 1. The lowest BCUT2D eigenvalue weighted by Gasteiger charge is -2.20. The van der Waals surface area contributed by atoms with Gasteiger partial charge in [-0.3, -0.25) is 9.32 Å². The van der Waals surface area contributed by atoms with E-state index in [1.165, 1.54) is 0 Å². The number of amides is 1. The van der Waals surface area contributed by atoms with E-state index in [-0.39, 0.29) is 30.5 Å². The molecule has 8 nitrogen and oxygen atoms in total. The lowest BCUT2D eigenvalue weighted by atomic mass is 10.1. The number of rotatable bonds is 10. The molecule has 10 heteroatoms. The van der Waals surface area contributed by atoms with Gasteiger partial charge in [0.2, 0.25) is 5.91 Å². The van der Waals surface area contributed by atoms with E-state index in [9.17, 15) is 17.8 Å². The van der Waals surface area contributed by atoms with E-state index in [1.807, 2.05) is 6.07 Å². The van der Waals surface area contributed by atoms with Crippen molar-refractivity contribution in [3.63, 3.8) is 0 Å². The number of sulfone groups is 1. The molecular formula is C17H26NO7PS. The zero-order chi connectivity index (χ0) is 19.9. The van der Waals surface area contributed by atoms with E-state index < -0.39 is 29.5 Å². The molecule has 1 fully saturated rings. The highest BCUT2D eigenvalue weighted by Gasteiger charge is 2.32. The number of phosphoric ester groups is 1. The van der Waals surface area contributed by atoms with Crippen LogP contribution in [-0.4, -0.2) is 48.3 Å². The Morgan fingerprint density at radius 1 is 1.22 bits per heavy atom. The third kappa shape index (κ3) is 8.11. The quantitative estimate of drug-likeness (QED) is 0.489. The van der Waals surface area contributed by atoms with Gasteiger partial charge in [0.25, 0.3) is 0 Å². The molecule has 0 heterocycles. The van der Waals surface area contributed by atoms with Crippen LogP contribution in [0.25, 0.3) is 0 Å². The topological polar surface area (TPSA) is 130 Å². The maximum absolute atomic E-state index is 12.7. The first-order valence-electron chi connectivity index (χ1n) is 8.88. The Balaban J connectivity index is 1.98. The molecule has 1 saturated carbocycles. The van der Waals surface area contributed by atoms with Gasteiger partial charge in [0.15, 0.2) is 9.84 Å². The molecule has 1 aliphatic carbocycles. The van der Waals surface area contributed by atoms with E-state index in [0.29, 0.717) is 0 Å². The average molecular weight is 419 g/mol. The van der Waals surface area contributed by atoms with Gasteiger partial charge in [0, 0.05) is 6.54 Å². The molecule has 0 aliphatic heterocycles. The highest BCUT2D eigenvalue weighted by atomic mass is 32.2. The summed E-state index contributed by atoms with van der Waals surface area (Å²) in [4.78, 5) is 29.9. The van der Waals surface area contributed by atoms with Gasteiger partial charge in [-0.15, -0.1) is 0 Å². The van der Waals surface area contributed by atoms with Crippen molar-refractivity contribution < 1.29 is 32.1 Å². The van der Waals surface area contributed by atoms with Crippen molar-refractivity contribution >= 4 is 23.6 Å². The Kier molecular flexibility index (Phi) is 8.00. The number of hydrogen-bond acceptors (Lipinski definition) is 5. The van der Waals surface area contributed by atoms with Crippen LogP contribution in [0.2, 0.25) is 0 Å². The molecule has 1 atom stereocenters. The fourth-order valence-electron chi connectivity index (χ4n) is 3.18. The van der Waals surface area contributed by atoms with Gasteiger partial charge < -0.3 is 15.1 Å². The molecular weight excluding hydrogens is 393 g/mol. The molecule has 0 bridgehead atoms. The summed E-state index contributed by atoms with van der Waals surface area (Å²) in [6, 6.07) is 8.98. The fraction of sp³-hybridized carbons (Fsp3) is 0.588. The van der Waals surface area contributed by atoms with Crippen LogP contribution >= 0.6 is 7.82 Å². The second kappa shape index (κ2) is 9.80. The van der Waals surface area contributed by atoms with E-state index in [1.54, 1.807) is 24.3 Å². The first-order valence-corrected chi connectivity index (χ1v) is 12.1. The molecule has 27 heavy (non-hydrogen) atoms. The summed E-state index contributed by atoms with van der Waals surface area (Å²) in [6.45, 7) is -0.911. The Morgan fingerprint density at radius 3 is 2.44 bits per heavy atom. The highest BCUT2D eigenvalue weighted by molar-refractivity contribution is 7.92. The van der Waals surface area contributed by atoms with Gasteiger partial charge in [0.1, 0.15) is 5.25 Å². The Morgan fingerprint density at radius 2 is 1.85 bits per heavy atom. The minimum absolute atomic E-state index is 0.0487. The minimum atomic E-state index is -4.80. The van der Waals surface area contributed by atoms with Gasteiger partial charge in [-0.05, 0) is 24.3 Å². The molecule has 0 radical (unpaired) electrons. The summed E-state index contributed by atoms with van der Waals surface area (Å²) in [5.74, 6) is -0.373. The zero-order valence-electron chi connectivity index (χ0n) is 15.0. The SMILES string of the molecule is O=C(Cc1ccccc1)NCC(COP(=O)(O)O)S(=O)(=O)CC1CCCC1. The lowest BCUT2D eigenvalue weighted by Crippen LogP contribution is -2.41. The first-order chi connectivity index (χ1) is 12.7. The van der Waals surface area contributed by atoms with Crippen molar-refractivity contribution in [1.29, 1.82) is 0 Å². The van der Waals surface area contributed by atoms with E-state index >= 15 is 0 Å². The molecule has 1 aromatic carbocycles. The second-order valence-electron chi connectivity index (χ2n) is 6.85. The molecule has 0 aromatic heterocycles. The van der Waals surface area contributed by atoms with E-state index in [0.717, 1.165) is 31.2 Å². The van der Waals surface area contributed by atoms with Crippen LogP contribution in [-0.2, 0) is 30.1 Å². The van der Waals surface area contributed by atoms with Crippen LogP contribution in [0.3, 0.4) is 0 Å². The molecule has 1 aromatic rings. The first kappa shape index (κ1) is 22.0. The number of carbonyl (C=O) groups excluding carboxylic acids is 1. The summed E-state index contributed by atoms with van der Waals surface area (Å²) in [5, 5.41) is 1.34. The standard InChI is InChI=1S/C17H26NO7PS/c19-17(10-14-6-2-1-3-7-14)18-11-16(12-25-26(20,21)22)27(23,24)13-15-8-4-5-9-15/h1-3,6-7,15-16H,4-5,8-13H2,(H,18,19)(H2,20,21,22). The minimum Gasteiger partial charge on any atom is -0.354 e. The van der Waals surface area contributed by atoms with Gasteiger partial charge in [-0.1, -0.05) is 43.2 Å². The van der Waals surface area contributed by atoms with Crippen LogP contribution in [0.4, 0.5) is 0 Å². The maximum Gasteiger partial charge on any atom is 0.469 e. The zero-order valence-corrected chi connectivity index (χ0v) is 16.7. The average Bonchev–Trinajstić information content (AvgIpc) is 3.06. The summed E-state index contributed by atoms with van der Waals surface area (Å²) in [5.41, 5.74) is 0.784. The molecule has 2 rings (SSSR count). The monoisotopic (exact) mass is 419 g/mol. The molecule has 0 spiro atoms. The van der Waals surface area contributed by atoms with E-state index in [2.05, 4.69) is 9.84 Å². The van der Waals surface area contributed by atoms with Gasteiger partial charge in [0.05, 0.1) is 18.8 Å². The predicted octanol–water partition coefficient (Wildman–Crippen LogP) is 1.43. The normalized spacial score (nSPS) is 17.0. The third-order valence-corrected chi connectivity index (χ3v) is 7.35. The molecule has 3 N–H and O–H groups in total. The van der Waals surface area contributed by atoms with Gasteiger partial charge in [-0.25, -0.2) is 13.0 Å². The Hall–Kier alpha value is -1.25. The summed E-state index contributed by atoms with van der Waals surface area (Å²) in [6.07, 6.45) is 3.71. The Bertz CT molecular complexity index is 757. The van der Waals surface area contributed by atoms with Crippen LogP contribution in [0, 0.1) is 5.92 Å². The smallest absolute Gasteiger partial charge is 0.354 e. The van der Waals surface area contributed by atoms with Crippen molar-refractivity contribution in [2.45, 2.75) is 37.4 Å². The Labute approximate surface area is 159 Å². The largest absolute Gasteiger partial charge is 0.469 e. The molecule has 1 unspecified atom stereocenters. The van der Waals surface area contributed by atoms with Crippen LogP contribution in [0.5, 0.6) is 0 Å². The summed E-state index contributed by atoms with van der Waals surface area (Å²) >= 11 is 0. The second-order valence-corrected chi connectivity index (χ2v) is 10.4. The molecule has 1 amide bonds. The van der Waals surface area contributed by atoms with Crippen molar-refractivity contribution in [3.05, 3.63) is 35.9 Å². The van der Waals surface area contributed by atoms with Gasteiger partial charge in [-0.2, -0.15) is 0 Å². The summed E-state index contributed by atoms with van der Waals surface area (Å²) in [7, 11) is -8.48. The molecule has 1 aliphatic rings. The van der Waals surface area contributed by atoms with Crippen LogP contribution in [0.15, 0.2) is 30.3 Å². The van der Waals surface area contributed by atoms with E-state index in [4.69, 9.17) is 9.79 Å². The fourth-order valence-corrected chi connectivity index (χ4v) is 5.53. The highest BCUT2D eigenvalue weighted by Crippen LogP contribution is 2.36. The van der Waals surface area contributed by atoms with Crippen LogP contribution < -0.4 is 5.32 Å². The predicted molar refractivity (Wildman–Crippen MR) is 101 cm³/mol. The molecule has 0 saturated heterocycles. The third-order valence-electron chi connectivity index (χ3n) is 4.61. The van der Waals surface area contributed by atoms with Crippen molar-refractivity contribution in [2.24, 2.45) is 5.92 Å². The number of carbonyl (C=O) groups is 1. The van der Waals surface area contributed by atoms with Crippen molar-refractivity contribution in [3.8, 4) is 0 Å². The van der Waals surface area contributed by atoms with Crippen LogP contribution in [0.1, 0.15) is 31.2 Å². The van der Waals surface area contributed by atoms with Gasteiger partial charge >= 0.3 is 7.82 Å².